The van der Waals surface area contributed by atoms with Crippen molar-refractivity contribution in [3.8, 4) is 0 Å². The maximum atomic E-state index is 13.4. The Kier molecular flexibility index (Phi) is 4.95. The smallest absolute Gasteiger partial charge is 0.261 e. The van der Waals surface area contributed by atoms with E-state index in [1.807, 2.05) is 0 Å². The first-order valence-corrected chi connectivity index (χ1v) is 11.8. The van der Waals surface area contributed by atoms with Crippen LogP contribution in [0.15, 0.2) is 48.5 Å². The van der Waals surface area contributed by atoms with E-state index in [9.17, 15) is 4.79 Å². The molecule has 2 fully saturated rings. The molecule has 5 rings (SSSR count). The van der Waals surface area contributed by atoms with E-state index < -0.39 is 0 Å². The van der Waals surface area contributed by atoms with Gasteiger partial charge in [-0.25, -0.2) is 0 Å². The molecule has 0 radical (unpaired) electrons. The van der Waals surface area contributed by atoms with Crippen LogP contribution in [0.2, 0.25) is 0 Å². The van der Waals surface area contributed by atoms with Crippen molar-refractivity contribution < 1.29 is 4.79 Å². The summed E-state index contributed by atoms with van der Waals surface area (Å²) in [5.74, 6) is 2.51. The summed E-state index contributed by atoms with van der Waals surface area (Å²) in [6.07, 6.45) is 6.24. The van der Waals surface area contributed by atoms with Crippen LogP contribution < -0.4 is 5.32 Å². The molecule has 3 aromatic rings. The predicted octanol–water partition coefficient (Wildman–Crippen LogP) is 6.36. The highest BCUT2D eigenvalue weighted by Crippen LogP contribution is 2.49. The van der Waals surface area contributed by atoms with E-state index in [4.69, 9.17) is 0 Å². The second-order valence-electron chi connectivity index (χ2n) is 9.17. The third kappa shape index (κ3) is 3.61. The molecule has 4 unspecified atom stereocenters. The Hall–Kier alpha value is -2.13. The highest BCUT2D eigenvalue weighted by atomic mass is 32.1. The van der Waals surface area contributed by atoms with Crippen LogP contribution in [-0.4, -0.2) is 11.9 Å². The van der Waals surface area contributed by atoms with Crippen LogP contribution >= 0.6 is 11.3 Å². The van der Waals surface area contributed by atoms with Gasteiger partial charge < -0.3 is 5.32 Å². The van der Waals surface area contributed by atoms with Gasteiger partial charge in [0.25, 0.3) is 5.91 Å². The third-order valence-corrected chi connectivity index (χ3v) is 8.41. The second kappa shape index (κ2) is 7.60. The van der Waals surface area contributed by atoms with Crippen LogP contribution in [0.3, 0.4) is 0 Å². The van der Waals surface area contributed by atoms with Gasteiger partial charge in [-0.15, -0.1) is 11.3 Å². The molecule has 0 aliphatic heterocycles. The van der Waals surface area contributed by atoms with Crippen molar-refractivity contribution in [2.75, 3.05) is 0 Å². The molecule has 0 spiro atoms. The lowest BCUT2D eigenvalue weighted by Crippen LogP contribution is -2.40. The van der Waals surface area contributed by atoms with Crippen LogP contribution in [0.5, 0.6) is 0 Å². The fourth-order valence-electron chi connectivity index (χ4n) is 5.65. The summed E-state index contributed by atoms with van der Waals surface area (Å²) in [7, 11) is 0. The zero-order chi connectivity index (χ0) is 20.0. The standard InChI is InChI=1S/C26H29NOS/c1-16-7-9-18(10-8-16)14-23-21-5-3-4-6-24(21)29-25(23)26(28)27-17(2)22-15-19-11-12-20(22)13-19/h3-10,17,19-20,22H,11-15H2,1-2H3,(H,27,28). The highest BCUT2D eigenvalue weighted by Gasteiger charge is 2.42. The lowest BCUT2D eigenvalue weighted by atomic mass is 9.84. The minimum Gasteiger partial charge on any atom is -0.349 e. The van der Waals surface area contributed by atoms with Crippen molar-refractivity contribution in [3.63, 3.8) is 0 Å². The van der Waals surface area contributed by atoms with Gasteiger partial charge in [0.1, 0.15) is 0 Å². The average molecular weight is 404 g/mol. The van der Waals surface area contributed by atoms with E-state index in [1.165, 1.54) is 52.5 Å². The van der Waals surface area contributed by atoms with Crippen molar-refractivity contribution in [1.29, 1.82) is 0 Å². The van der Waals surface area contributed by atoms with E-state index >= 15 is 0 Å². The van der Waals surface area contributed by atoms with Crippen molar-refractivity contribution in [2.45, 2.75) is 52.0 Å². The summed E-state index contributed by atoms with van der Waals surface area (Å²) in [5, 5.41) is 4.61. The molecule has 2 aliphatic carbocycles. The van der Waals surface area contributed by atoms with Gasteiger partial charge >= 0.3 is 0 Å². The van der Waals surface area contributed by atoms with Gasteiger partial charge in [0.05, 0.1) is 4.88 Å². The topological polar surface area (TPSA) is 29.1 Å². The molecule has 29 heavy (non-hydrogen) atoms. The van der Waals surface area contributed by atoms with Crippen LogP contribution in [-0.2, 0) is 6.42 Å². The first-order valence-electron chi connectivity index (χ1n) is 11.0. The zero-order valence-corrected chi connectivity index (χ0v) is 18.1. The molecule has 2 saturated carbocycles. The maximum Gasteiger partial charge on any atom is 0.261 e. The van der Waals surface area contributed by atoms with Crippen molar-refractivity contribution >= 4 is 27.3 Å². The van der Waals surface area contributed by atoms with Gasteiger partial charge in [-0.2, -0.15) is 0 Å². The molecular formula is C26H29NOS. The molecule has 3 heteroatoms. The fraction of sp³-hybridized carbons (Fsp3) is 0.423. The number of hydrogen-bond donors (Lipinski definition) is 1. The summed E-state index contributed by atoms with van der Waals surface area (Å²) in [4.78, 5) is 14.2. The number of hydrogen-bond acceptors (Lipinski definition) is 2. The number of rotatable bonds is 5. The Balaban J connectivity index is 1.42. The molecule has 2 nitrogen and oxygen atoms in total. The average Bonchev–Trinajstić information content (AvgIpc) is 3.44. The Bertz CT molecular complexity index is 1030. The number of amides is 1. The fourth-order valence-corrected chi connectivity index (χ4v) is 6.78. The van der Waals surface area contributed by atoms with Crippen molar-refractivity contribution in [2.24, 2.45) is 17.8 Å². The molecule has 4 atom stereocenters. The summed E-state index contributed by atoms with van der Waals surface area (Å²) in [6.45, 7) is 4.33. The van der Waals surface area contributed by atoms with Crippen LogP contribution in [0.25, 0.3) is 10.1 Å². The molecule has 0 saturated heterocycles. The van der Waals surface area contributed by atoms with E-state index in [1.54, 1.807) is 11.3 Å². The summed E-state index contributed by atoms with van der Waals surface area (Å²) in [6, 6.07) is 17.4. The van der Waals surface area contributed by atoms with Crippen LogP contribution in [0.4, 0.5) is 0 Å². The van der Waals surface area contributed by atoms with Gasteiger partial charge in [-0.1, -0.05) is 54.4 Å². The predicted molar refractivity (Wildman–Crippen MR) is 122 cm³/mol. The Morgan fingerprint density at radius 2 is 1.90 bits per heavy atom. The first-order chi connectivity index (χ1) is 14.1. The molecule has 1 N–H and O–H groups in total. The number of nitrogens with one attached hydrogen (secondary N) is 1. The molecule has 1 aromatic heterocycles. The number of benzene rings is 2. The van der Waals surface area contributed by atoms with E-state index in [0.29, 0.717) is 5.92 Å². The lowest BCUT2D eigenvalue weighted by Gasteiger charge is -2.28. The monoisotopic (exact) mass is 403 g/mol. The Morgan fingerprint density at radius 3 is 2.62 bits per heavy atom. The van der Waals surface area contributed by atoms with Crippen molar-refractivity contribution in [1.82, 2.24) is 5.32 Å². The van der Waals surface area contributed by atoms with Gasteiger partial charge in [0.2, 0.25) is 0 Å². The number of thiophene rings is 1. The van der Waals surface area contributed by atoms with Gasteiger partial charge in [0, 0.05) is 10.7 Å². The SMILES string of the molecule is Cc1ccc(Cc2c(C(=O)NC(C)C3CC4CCC3C4)sc3ccccc23)cc1. The third-order valence-electron chi connectivity index (χ3n) is 7.20. The number of aryl methyl sites for hydroxylation is 1. The zero-order valence-electron chi connectivity index (χ0n) is 17.3. The van der Waals surface area contributed by atoms with E-state index in [-0.39, 0.29) is 11.9 Å². The minimum absolute atomic E-state index is 0.114. The molecule has 2 bridgehead atoms. The highest BCUT2D eigenvalue weighted by molar-refractivity contribution is 7.21. The summed E-state index contributed by atoms with van der Waals surface area (Å²) in [5.41, 5.74) is 3.70. The quantitative estimate of drug-likeness (QED) is 0.528. The number of carbonyl (C=O) groups is 1. The summed E-state index contributed by atoms with van der Waals surface area (Å²) < 4.78 is 1.20. The second-order valence-corrected chi connectivity index (χ2v) is 10.2. The lowest BCUT2D eigenvalue weighted by molar-refractivity contribution is 0.0919. The molecule has 2 aromatic carbocycles. The largest absolute Gasteiger partial charge is 0.349 e. The molecule has 1 amide bonds. The summed E-state index contributed by atoms with van der Waals surface area (Å²) >= 11 is 1.64. The number of carbonyl (C=O) groups excluding carboxylic acids is 1. The minimum atomic E-state index is 0.114. The molecular weight excluding hydrogens is 374 g/mol. The maximum absolute atomic E-state index is 13.4. The van der Waals surface area contributed by atoms with Gasteiger partial charge in [-0.05, 0) is 79.9 Å². The van der Waals surface area contributed by atoms with Crippen LogP contribution in [0, 0.1) is 24.7 Å². The first kappa shape index (κ1) is 18.9. The molecule has 2 aliphatic rings. The van der Waals surface area contributed by atoms with Gasteiger partial charge in [0.15, 0.2) is 0 Å². The normalized spacial score (nSPS) is 24.1. The van der Waals surface area contributed by atoms with Crippen molar-refractivity contribution in [3.05, 3.63) is 70.1 Å². The Labute approximate surface area is 177 Å². The van der Waals surface area contributed by atoms with Crippen LogP contribution in [0.1, 0.15) is 59.0 Å². The molecule has 1 heterocycles. The van der Waals surface area contributed by atoms with Gasteiger partial charge in [-0.3, -0.25) is 4.79 Å². The van der Waals surface area contributed by atoms with E-state index in [0.717, 1.165) is 23.1 Å². The Morgan fingerprint density at radius 1 is 1.10 bits per heavy atom. The number of fused-ring (bicyclic) bond motifs is 3. The molecule has 150 valence electrons. The van der Waals surface area contributed by atoms with E-state index in [2.05, 4.69) is 67.7 Å².